The van der Waals surface area contributed by atoms with Crippen molar-refractivity contribution in [1.29, 1.82) is 0 Å². The lowest BCUT2D eigenvalue weighted by Gasteiger charge is -2.18. The van der Waals surface area contributed by atoms with Gasteiger partial charge >= 0.3 is 0 Å². The van der Waals surface area contributed by atoms with Crippen LogP contribution in [0.5, 0.6) is 0 Å². The van der Waals surface area contributed by atoms with Crippen LogP contribution in [0.2, 0.25) is 0 Å². The number of anilines is 1. The third kappa shape index (κ3) is 3.20. The number of fused-ring (bicyclic) bond motifs is 1. The van der Waals surface area contributed by atoms with Crippen molar-refractivity contribution in [1.82, 2.24) is 19.5 Å². The zero-order valence-electron chi connectivity index (χ0n) is 14.3. The minimum atomic E-state index is 0.255. The second-order valence-corrected chi connectivity index (χ2v) is 6.43. The molecule has 2 aromatic heterocycles. The molecular weight excluding hydrogens is 314 g/mol. The Morgan fingerprint density at radius 3 is 2.84 bits per heavy atom. The summed E-state index contributed by atoms with van der Waals surface area (Å²) in [6.45, 7) is 4.20. The van der Waals surface area contributed by atoms with E-state index in [2.05, 4.69) is 27.5 Å². The van der Waals surface area contributed by atoms with Crippen molar-refractivity contribution < 1.29 is 4.79 Å². The molecule has 3 heterocycles. The molecule has 1 amide bonds. The summed E-state index contributed by atoms with van der Waals surface area (Å²) < 4.78 is 1.81. The highest BCUT2D eigenvalue weighted by atomic mass is 16.2. The van der Waals surface area contributed by atoms with E-state index in [9.17, 15) is 4.79 Å². The highest BCUT2D eigenvalue weighted by Crippen LogP contribution is 2.19. The lowest BCUT2D eigenvalue weighted by molar-refractivity contribution is -0.128. The van der Waals surface area contributed by atoms with Gasteiger partial charge in [-0.3, -0.25) is 4.79 Å². The van der Waals surface area contributed by atoms with Crippen molar-refractivity contribution in [2.75, 3.05) is 11.9 Å². The standard InChI is InChI=1S/C19H21N5O/c1-14-11-18(24-17(22-14)8-9-21-24)20-12-15-5-2-3-6-16(15)13-23-10-4-7-19(23)25/h2-3,5-6,8-9,11,20H,4,7,10,12-13H2,1H3. The molecular formula is C19H21N5O. The van der Waals surface area contributed by atoms with Gasteiger partial charge in [0.1, 0.15) is 5.82 Å². The third-order valence-corrected chi connectivity index (χ3v) is 4.60. The van der Waals surface area contributed by atoms with Crippen molar-refractivity contribution in [3.05, 3.63) is 59.4 Å². The summed E-state index contributed by atoms with van der Waals surface area (Å²) in [5, 5.41) is 7.79. The van der Waals surface area contributed by atoms with Crippen LogP contribution >= 0.6 is 0 Å². The van der Waals surface area contributed by atoms with Crippen molar-refractivity contribution in [2.45, 2.75) is 32.9 Å². The monoisotopic (exact) mass is 335 g/mol. The number of aromatic nitrogens is 3. The Morgan fingerprint density at radius 1 is 1.20 bits per heavy atom. The van der Waals surface area contributed by atoms with Gasteiger partial charge in [-0.25, -0.2) is 4.98 Å². The van der Waals surface area contributed by atoms with Gasteiger partial charge in [0.15, 0.2) is 5.65 Å². The zero-order chi connectivity index (χ0) is 17.2. The van der Waals surface area contributed by atoms with Gasteiger partial charge < -0.3 is 10.2 Å². The number of rotatable bonds is 5. The molecule has 0 atom stereocenters. The van der Waals surface area contributed by atoms with Crippen molar-refractivity contribution >= 4 is 17.4 Å². The maximum atomic E-state index is 11.9. The van der Waals surface area contributed by atoms with Gasteiger partial charge in [0.05, 0.1) is 6.20 Å². The largest absolute Gasteiger partial charge is 0.366 e. The lowest BCUT2D eigenvalue weighted by Crippen LogP contribution is -2.24. The Balaban J connectivity index is 1.54. The summed E-state index contributed by atoms with van der Waals surface area (Å²) >= 11 is 0. The predicted molar refractivity (Wildman–Crippen MR) is 96.1 cm³/mol. The first-order valence-electron chi connectivity index (χ1n) is 8.60. The molecule has 1 N–H and O–H groups in total. The van der Waals surface area contributed by atoms with E-state index in [0.29, 0.717) is 19.5 Å². The molecule has 0 unspecified atom stereocenters. The summed E-state index contributed by atoms with van der Waals surface area (Å²) in [7, 11) is 0. The lowest BCUT2D eigenvalue weighted by atomic mass is 10.1. The fraction of sp³-hybridized carbons (Fsp3) is 0.316. The normalized spacial score (nSPS) is 14.4. The van der Waals surface area contributed by atoms with Crippen LogP contribution in [0, 0.1) is 6.92 Å². The Labute approximate surface area is 146 Å². The van der Waals surface area contributed by atoms with E-state index >= 15 is 0 Å². The fourth-order valence-corrected chi connectivity index (χ4v) is 3.31. The number of nitrogens with one attached hydrogen (secondary N) is 1. The first-order chi connectivity index (χ1) is 12.2. The van der Waals surface area contributed by atoms with Gasteiger partial charge in [0.2, 0.25) is 5.91 Å². The second-order valence-electron chi connectivity index (χ2n) is 6.43. The summed E-state index contributed by atoms with van der Waals surface area (Å²) in [6.07, 6.45) is 3.39. The van der Waals surface area contributed by atoms with E-state index in [1.54, 1.807) is 10.7 Å². The fourth-order valence-electron chi connectivity index (χ4n) is 3.31. The Hall–Kier alpha value is -2.89. The number of likely N-dealkylation sites (tertiary alicyclic amines) is 1. The molecule has 0 bridgehead atoms. The summed E-state index contributed by atoms with van der Waals surface area (Å²) in [6, 6.07) is 12.2. The Kier molecular flexibility index (Phi) is 4.09. The first kappa shape index (κ1) is 15.6. The van der Waals surface area contributed by atoms with Crippen LogP contribution in [0.4, 0.5) is 5.82 Å². The van der Waals surface area contributed by atoms with Crippen molar-refractivity contribution in [2.24, 2.45) is 0 Å². The molecule has 1 aromatic carbocycles. The van der Waals surface area contributed by atoms with E-state index in [1.807, 2.05) is 36.1 Å². The SMILES string of the molecule is Cc1cc(NCc2ccccc2CN2CCCC2=O)n2nccc2n1. The molecule has 0 radical (unpaired) electrons. The highest BCUT2D eigenvalue weighted by Gasteiger charge is 2.20. The van der Waals surface area contributed by atoms with Gasteiger partial charge in [-0.15, -0.1) is 0 Å². The molecule has 6 heteroatoms. The average molecular weight is 335 g/mol. The van der Waals surface area contributed by atoms with Crippen molar-refractivity contribution in [3.63, 3.8) is 0 Å². The van der Waals surface area contributed by atoms with Gasteiger partial charge in [0.25, 0.3) is 0 Å². The molecule has 128 valence electrons. The predicted octanol–water partition coefficient (Wildman–Crippen LogP) is 2.77. The maximum absolute atomic E-state index is 11.9. The first-order valence-corrected chi connectivity index (χ1v) is 8.60. The molecule has 25 heavy (non-hydrogen) atoms. The molecule has 1 aliphatic heterocycles. The van der Waals surface area contributed by atoms with E-state index in [4.69, 9.17) is 0 Å². The number of carbonyl (C=O) groups excluding carboxylic acids is 1. The van der Waals surface area contributed by atoms with Crippen LogP contribution < -0.4 is 5.32 Å². The summed E-state index contributed by atoms with van der Waals surface area (Å²) in [5.74, 6) is 1.17. The smallest absolute Gasteiger partial charge is 0.222 e. The number of amides is 1. The molecule has 1 fully saturated rings. The Bertz CT molecular complexity index is 917. The summed E-state index contributed by atoms with van der Waals surface area (Å²) in [5.41, 5.74) is 4.16. The minimum Gasteiger partial charge on any atom is -0.366 e. The van der Waals surface area contributed by atoms with E-state index < -0.39 is 0 Å². The molecule has 0 spiro atoms. The average Bonchev–Trinajstić information content (AvgIpc) is 3.23. The van der Waals surface area contributed by atoms with Crippen LogP contribution in [0.15, 0.2) is 42.6 Å². The number of benzene rings is 1. The number of hydrogen-bond acceptors (Lipinski definition) is 4. The van der Waals surface area contributed by atoms with Gasteiger partial charge in [0, 0.05) is 43.9 Å². The maximum Gasteiger partial charge on any atom is 0.222 e. The molecule has 0 saturated carbocycles. The highest BCUT2D eigenvalue weighted by molar-refractivity contribution is 5.78. The van der Waals surface area contributed by atoms with E-state index in [-0.39, 0.29) is 5.91 Å². The number of aryl methyl sites for hydroxylation is 1. The van der Waals surface area contributed by atoms with Crippen LogP contribution in [0.25, 0.3) is 5.65 Å². The van der Waals surface area contributed by atoms with Gasteiger partial charge in [-0.2, -0.15) is 9.61 Å². The number of nitrogens with zero attached hydrogens (tertiary/aromatic N) is 4. The molecule has 1 saturated heterocycles. The second kappa shape index (κ2) is 6.55. The molecule has 3 aromatic rings. The van der Waals surface area contributed by atoms with Crippen LogP contribution in [0.3, 0.4) is 0 Å². The number of carbonyl (C=O) groups is 1. The number of hydrogen-bond donors (Lipinski definition) is 1. The van der Waals surface area contributed by atoms with Crippen LogP contribution in [-0.4, -0.2) is 31.9 Å². The van der Waals surface area contributed by atoms with Gasteiger partial charge in [-0.05, 0) is 24.5 Å². The van der Waals surface area contributed by atoms with Crippen LogP contribution in [-0.2, 0) is 17.9 Å². The van der Waals surface area contributed by atoms with E-state index in [0.717, 1.165) is 30.1 Å². The molecule has 4 rings (SSSR count). The Morgan fingerprint density at radius 2 is 2.04 bits per heavy atom. The molecule has 0 aliphatic carbocycles. The molecule has 1 aliphatic rings. The zero-order valence-corrected chi connectivity index (χ0v) is 14.3. The quantitative estimate of drug-likeness (QED) is 0.779. The minimum absolute atomic E-state index is 0.255. The molecule has 6 nitrogen and oxygen atoms in total. The van der Waals surface area contributed by atoms with Crippen LogP contribution in [0.1, 0.15) is 29.7 Å². The van der Waals surface area contributed by atoms with E-state index in [1.165, 1.54) is 11.1 Å². The third-order valence-electron chi connectivity index (χ3n) is 4.60. The van der Waals surface area contributed by atoms with Crippen molar-refractivity contribution in [3.8, 4) is 0 Å². The summed E-state index contributed by atoms with van der Waals surface area (Å²) in [4.78, 5) is 18.3. The van der Waals surface area contributed by atoms with Gasteiger partial charge in [-0.1, -0.05) is 24.3 Å². The topological polar surface area (TPSA) is 62.5 Å².